The van der Waals surface area contributed by atoms with Crippen LogP contribution in [-0.2, 0) is 13.0 Å². The third-order valence-corrected chi connectivity index (χ3v) is 4.85. The van der Waals surface area contributed by atoms with Crippen LogP contribution in [0.2, 0.25) is 0 Å². The first-order valence-corrected chi connectivity index (χ1v) is 9.38. The van der Waals surface area contributed by atoms with Crippen molar-refractivity contribution >= 4 is 46.7 Å². The molecule has 0 aliphatic rings. The first-order chi connectivity index (χ1) is 12.1. The summed E-state index contributed by atoms with van der Waals surface area (Å²) in [6, 6.07) is 16.0. The van der Waals surface area contributed by atoms with E-state index in [0.717, 1.165) is 30.4 Å². The molecule has 0 aliphatic carbocycles. The molecule has 0 unspecified atom stereocenters. The van der Waals surface area contributed by atoms with Gasteiger partial charge in [-0.2, -0.15) is 0 Å². The molecule has 2 aromatic carbocycles. The van der Waals surface area contributed by atoms with Crippen LogP contribution >= 0.6 is 40.7 Å². The fourth-order valence-corrected chi connectivity index (χ4v) is 3.07. The molecule has 0 saturated heterocycles. The monoisotopic (exact) mass is 475 g/mol. The molecule has 2 rings (SSSR count). The topological polar surface area (TPSA) is 58.4 Å². The number of amides is 1. The SMILES string of the molecule is CN(CCCc1ccc(CN)cc1)CCNC(=O)c1ccccc1Br.Cl.Cl. The van der Waals surface area contributed by atoms with E-state index in [1.807, 2.05) is 24.3 Å². The van der Waals surface area contributed by atoms with Gasteiger partial charge in [0, 0.05) is 24.1 Å². The van der Waals surface area contributed by atoms with Gasteiger partial charge < -0.3 is 16.0 Å². The zero-order chi connectivity index (χ0) is 18.1. The highest BCUT2D eigenvalue weighted by Crippen LogP contribution is 2.15. The van der Waals surface area contributed by atoms with Crippen molar-refractivity contribution in [3.63, 3.8) is 0 Å². The minimum atomic E-state index is -0.0409. The van der Waals surface area contributed by atoms with Crippen LogP contribution in [0.1, 0.15) is 27.9 Å². The predicted octanol–water partition coefficient (Wildman–Crippen LogP) is 4.05. The van der Waals surface area contributed by atoms with Crippen molar-refractivity contribution in [2.75, 3.05) is 26.7 Å². The molecule has 27 heavy (non-hydrogen) atoms. The molecule has 0 aromatic heterocycles. The molecule has 2 aromatic rings. The van der Waals surface area contributed by atoms with Gasteiger partial charge in [-0.1, -0.05) is 36.4 Å². The molecule has 0 radical (unpaired) electrons. The number of carbonyl (C=O) groups is 1. The third kappa shape index (κ3) is 9.08. The second kappa shape index (κ2) is 14.0. The van der Waals surface area contributed by atoms with Crippen molar-refractivity contribution < 1.29 is 4.79 Å². The van der Waals surface area contributed by atoms with E-state index in [9.17, 15) is 4.79 Å². The summed E-state index contributed by atoms with van der Waals surface area (Å²) in [5, 5.41) is 2.97. The Kier molecular flexibility index (Phi) is 13.4. The first kappa shape index (κ1) is 25.9. The molecule has 0 bridgehead atoms. The number of rotatable bonds is 9. The number of aryl methyl sites for hydroxylation is 1. The summed E-state index contributed by atoms with van der Waals surface area (Å²) >= 11 is 3.40. The molecule has 7 heteroatoms. The third-order valence-electron chi connectivity index (χ3n) is 4.16. The molecule has 0 spiro atoms. The van der Waals surface area contributed by atoms with Gasteiger partial charge in [-0.15, -0.1) is 24.8 Å². The van der Waals surface area contributed by atoms with Gasteiger partial charge in [0.2, 0.25) is 0 Å². The summed E-state index contributed by atoms with van der Waals surface area (Å²) in [5.74, 6) is -0.0409. The number of carbonyl (C=O) groups excluding carboxylic acids is 1. The minimum absolute atomic E-state index is 0. The average Bonchev–Trinajstić information content (AvgIpc) is 2.62. The standard InChI is InChI=1S/C20H26BrN3O.2ClH/c1-24(13-4-5-16-8-10-17(15-22)11-9-16)14-12-23-20(25)18-6-2-3-7-19(18)21;;/h2-3,6-11H,4-5,12-15,22H2,1H3,(H,23,25);2*1H. The molecule has 3 N–H and O–H groups in total. The van der Waals surface area contributed by atoms with Gasteiger partial charge in [-0.25, -0.2) is 0 Å². The second-order valence-corrected chi connectivity index (χ2v) is 7.02. The number of hydrogen-bond acceptors (Lipinski definition) is 3. The largest absolute Gasteiger partial charge is 0.351 e. The Hall–Kier alpha value is -1.11. The number of nitrogens with one attached hydrogen (secondary N) is 1. The molecule has 150 valence electrons. The van der Waals surface area contributed by atoms with Crippen LogP contribution in [0.4, 0.5) is 0 Å². The summed E-state index contributed by atoms with van der Waals surface area (Å²) in [4.78, 5) is 14.4. The molecule has 0 aliphatic heterocycles. The van der Waals surface area contributed by atoms with Gasteiger partial charge >= 0.3 is 0 Å². The van der Waals surface area contributed by atoms with Crippen molar-refractivity contribution in [3.8, 4) is 0 Å². The number of nitrogens with two attached hydrogens (primary N) is 1. The lowest BCUT2D eigenvalue weighted by molar-refractivity contribution is 0.0949. The Morgan fingerprint density at radius 2 is 1.67 bits per heavy atom. The highest BCUT2D eigenvalue weighted by Gasteiger charge is 2.08. The summed E-state index contributed by atoms with van der Waals surface area (Å²) in [6.07, 6.45) is 2.15. The van der Waals surface area contributed by atoms with Crippen LogP contribution in [-0.4, -0.2) is 37.5 Å². The highest BCUT2D eigenvalue weighted by molar-refractivity contribution is 9.10. The van der Waals surface area contributed by atoms with Gasteiger partial charge in [-0.3, -0.25) is 4.79 Å². The van der Waals surface area contributed by atoms with E-state index in [-0.39, 0.29) is 30.7 Å². The van der Waals surface area contributed by atoms with E-state index in [1.54, 1.807) is 0 Å². The van der Waals surface area contributed by atoms with E-state index < -0.39 is 0 Å². The van der Waals surface area contributed by atoms with Gasteiger partial charge in [-0.05, 0) is 65.6 Å². The molecule has 0 saturated carbocycles. The second-order valence-electron chi connectivity index (χ2n) is 6.16. The summed E-state index contributed by atoms with van der Waals surface area (Å²) in [6.45, 7) is 3.07. The Bertz CT molecular complexity index is 683. The number of benzene rings is 2. The van der Waals surface area contributed by atoms with Crippen LogP contribution in [0.5, 0.6) is 0 Å². The van der Waals surface area contributed by atoms with E-state index >= 15 is 0 Å². The lowest BCUT2D eigenvalue weighted by Crippen LogP contribution is -2.33. The van der Waals surface area contributed by atoms with Gasteiger partial charge in [0.15, 0.2) is 0 Å². The molecule has 0 atom stereocenters. The fraction of sp³-hybridized carbons (Fsp3) is 0.350. The minimum Gasteiger partial charge on any atom is -0.351 e. The molecule has 0 fully saturated rings. The highest BCUT2D eigenvalue weighted by atomic mass is 79.9. The Labute approximate surface area is 182 Å². The molecule has 0 heterocycles. The lowest BCUT2D eigenvalue weighted by atomic mass is 10.1. The molecule has 1 amide bonds. The Balaban J connectivity index is 0.00000338. The summed E-state index contributed by atoms with van der Waals surface area (Å²) in [5.41, 5.74) is 8.79. The van der Waals surface area contributed by atoms with E-state index in [4.69, 9.17) is 5.73 Å². The maximum Gasteiger partial charge on any atom is 0.252 e. The van der Waals surface area contributed by atoms with Crippen molar-refractivity contribution in [3.05, 3.63) is 69.7 Å². The predicted molar refractivity (Wildman–Crippen MR) is 121 cm³/mol. The normalized spacial score (nSPS) is 10.1. The Morgan fingerprint density at radius 1 is 1.04 bits per heavy atom. The van der Waals surface area contributed by atoms with Crippen LogP contribution in [0.3, 0.4) is 0 Å². The maximum atomic E-state index is 12.1. The number of nitrogens with zero attached hydrogens (tertiary/aromatic N) is 1. The lowest BCUT2D eigenvalue weighted by Gasteiger charge is -2.17. The summed E-state index contributed by atoms with van der Waals surface area (Å²) < 4.78 is 0.821. The molecule has 4 nitrogen and oxygen atoms in total. The summed E-state index contributed by atoms with van der Waals surface area (Å²) in [7, 11) is 2.09. The first-order valence-electron chi connectivity index (χ1n) is 8.59. The zero-order valence-corrected chi connectivity index (χ0v) is 18.7. The van der Waals surface area contributed by atoms with Gasteiger partial charge in [0.05, 0.1) is 5.56 Å². The molecular weight excluding hydrogens is 449 g/mol. The zero-order valence-electron chi connectivity index (χ0n) is 15.5. The fourth-order valence-electron chi connectivity index (χ4n) is 2.61. The van der Waals surface area contributed by atoms with E-state index in [1.165, 1.54) is 11.1 Å². The quantitative estimate of drug-likeness (QED) is 0.574. The van der Waals surface area contributed by atoms with Gasteiger partial charge in [0.1, 0.15) is 0 Å². The Morgan fingerprint density at radius 3 is 2.30 bits per heavy atom. The van der Waals surface area contributed by atoms with E-state index in [0.29, 0.717) is 18.7 Å². The van der Waals surface area contributed by atoms with Crippen molar-refractivity contribution in [1.29, 1.82) is 0 Å². The van der Waals surface area contributed by atoms with Crippen LogP contribution < -0.4 is 11.1 Å². The average molecular weight is 477 g/mol. The van der Waals surface area contributed by atoms with Crippen molar-refractivity contribution in [2.24, 2.45) is 5.73 Å². The van der Waals surface area contributed by atoms with Crippen LogP contribution in [0.15, 0.2) is 53.0 Å². The number of likely N-dealkylation sites (N-methyl/N-ethyl adjacent to an activating group) is 1. The van der Waals surface area contributed by atoms with Crippen molar-refractivity contribution in [2.45, 2.75) is 19.4 Å². The van der Waals surface area contributed by atoms with E-state index in [2.05, 4.69) is 57.5 Å². The molecular formula is C20H28BrCl2N3O. The maximum absolute atomic E-state index is 12.1. The smallest absolute Gasteiger partial charge is 0.252 e. The van der Waals surface area contributed by atoms with Crippen LogP contribution in [0, 0.1) is 0 Å². The van der Waals surface area contributed by atoms with Crippen LogP contribution in [0.25, 0.3) is 0 Å². The van der Waals surface area contributed by atoms with Gasteiger partial charge in [0.25, 0.3) is 5.91 Å². The number of halogens is 3. The number of hydrogen-bond donors (Lipinski definition) is 2. The van der Waals surface area contributed by atoms with Crippen molar-refractivity contribution in [1.82, 2.24) is 10.2 Å².